The summed E-state index contributed by atoms with van der Waals surface area (Å²) in [5, 5.41) is 0. The predicted molar refractivity (Wildman–Crippen MR) is 69.0 cm³/mol. The Morgan fingerprint density at radius 3 is 2.64 bits per heavy atom. The molecule has 78 valence electrons. The van der Waals surface area contributed by atoms with Crippen LogP contribution >= 0.6 is 39.9 Å². The van der Waals surface area contributed by atoms with Crippen molar-refractivity contribution in [1.29, 1.82) is 0 Å². The van der Waals surface area contributed by atoms with E-state index in [-0.39, 0.29) is 42.3 Å². The number of hydrogen-bond donors (Lipinski definition) is 2. The van der Waals surface area contributed by atoms with Crippen molar-refractivity contribution in [2.75, 3.05) is 0 Å². The minimum atomic E-state index is -0.302. The Balaban J connectivity index is 0.00000169. The number of benzene rings is 1. The van der Waals surface area contributed by atoms with Gasteiger partial charge in [-0.2, -0.15) is 0 Å². The van der Waals surface area contributed by atoms with Crippen LogP contribution < -0.4 is 11.5 Å². The van der Waals surface area contributed by atoms with Crippen molar-refractivity contribution in [2.24, 2.45) is 16.5 Å². The molecule has 14 heavy (non-hydrogen) atoms. The van der Waals surface area contributed by atoms with Crippen LogP contribution in [0.4, 0.5) is 4.39 Å². The van der Waals surface area contributed by atoms with Gasteiger partial charge in [0.15, 0.2) is 5.96 Å². The third-order valence-electron chi connectivity index (χ3n) is 1.44. The molecule has 0 aliphatic carbocycles. The van der Waals surface area contributed by atoms with Crippen molar-refractivity contribution >= 4 is 45.9 Å². The zero-order valence-electron chi connectivity index (χ0n) is 7.21. The Kier molecular flexibility index (Phi) is 6.01. The number of guanidine groups is 1. The van der Waals surface area contributed by atoms with E-state index < -0.39 is 0 Å². The number of nitrogens with two attached hydrogens (primary N) is 2. The van der Waals surface area contributed by atoms with Gasteiger partial charge in [0.1, 0.15) is 5.82 Å². The molecular weight excluding hydrogens is 364 g/mol. The smallest absolute Gasteiger partial charge is 0.186 e. The predicted octanol–water partition coefficient (Wildman–Crippen LogP) is 1.98. The van der Waals surface area contributed by atoms with Gasteiger partial charge < -0.3 is 11.5 Å². The lowest BCUT2D eigenvalue weighted by molar-refractivity contribution is 0.625. The first kappa shape index (κ1) is 13.6. The molecule has 0 heterocycles. The summed E-state index contributed by atoms with van der Waals surface area (Å²) in [5.41, 5.74) is 11.0. The fraction of sp³-hybridized carbons (Fsp3) is 0.125. The van der Waals surface area contributed by atoms with Crippen molar-refractivity contribution in [2.45, 2.75) is 6.54 Å². The Hall–Kier alpha value is -0.370. The second-order valence-corrected chi connectivity index (χ2v) is 3.33. The third-order valence-corrected chi connectivity index (χ3v) is 2.21. The summed E-state index contributed by atoms with van der Waals surface area (Å²) < 4.78 is 13.5. The van der Waals surface area contributed by atoms with E-state index >= 15 is 0 Å². The van der Waals surface area contributed by atoms with E-state index in [9.17, 15) is 4.39 Å². The fourth-order valence-corrected chi connectivity index (χ4v) is 1.21. The molecule has 0 unspecified atom stereocenters. The molecule has 1 aromatic carbocycles. The Morgan fingerprint density at radius 2 is 2.07 bits per heavy atom. The molecule has 0 aliphatic rings. The fourth-order valence-electron chi connectivity index (χ4n) is 0.841. The molecule has 6 heteroatoms. The van der Waals surface area contributed by atoms with Gasteiger partial charge in [-0.1, -0.05) is 15.9 Å². The SMILES string of the molecule is I.NC(N)=NCc1cc(F)ccc1Br. The summed E-state index contributed by atoms with van der Waals surface area (Å²) in [5.74, 6) is -0.305. The molecular formula is C8H10BrFIN3. The number of rotatable bonds is 2. The van der Waals surface area contributed by atoms with Gasteiger partial charge >= 0.3 is 0 Å². The summed E-state index contributed by atoms with van der Waals surface area (Å²) in [6.45, 7) is 0.278. The molecule has 1 aromatic rings. The van der Waals surface area contributed by atoms with Crippen LogP contribution in [0, 0.1) is 5.82 Å². The van der Waals surface area contributed by atoms with Crippen molar-refractivity contribution in [3.63, 3.8) is 0 Å². The molecule has 0 aliphatic heterocycles. The van der Waals surface area contributed by atoms with E-state index in [1.807, 2.05) is 0 Å². The highest BCUT2D eigenvalue weighted by molar-refractivity contribution is 14.0. The van der Waals surface area contributed by atoms with Crippen LogP contribution in [0.5, 0.6) is 0 Å². The second kappa shape index (κ2) is 6.18. The lowest BCUT2D eigenvalue weighted by Gasteiger charge is -2.00. The van der Waals surface area contributed by atoms with Crippen molar-refractivity contribution < 1.29 is 4.39 Å². The molecule has 0 spiro atoms. The van der Waals surface area contributed by atoms with Gasteiger partial charge in [0.25, 0.3) is 0 Å². The largest absolute Gasteiger partial charge is 0.370 e. The Bertz CT molecular complexity index is 339. The lowest BCUT2D eigenvalue weighted by atomic mass is 10.2. The summed E-state index contributed by atoms with van der Waals surface area (Å²) in [6.07, 6.45) is 0. The maximum atomic E-state index is 12.7. The average molecular weight is 374 g/mol. The molecule has 0 atom stereocenters. The third kappa shape index (κ3) is 4.23. The highest BCUT2D eigenvalue weighted by Gasteiger charge is 2.00. The van der Waals surface area contributed by atoms with Crippen LogP contribution in [0.3, 0.4) is 0 Å². The highest BCUT2D eigenvalue weighted by atomic mass is 127. The van der Waals surface area contributed by atoms with Gasteiger partial charge in [-0.25, -0.2) is 9.38 Å². The van der Waals surface area contributed by atoms with Crippen LogP contribution in [0.2, 0.25) is 0 Å². The summed E-state index contributed by atoms with van der Waals surface area (Å²) in [7, 11) is 0. The van der Waals surface area contributed by atoms with Gasteiger partial charge in [-0.05, 0) is 23.8 Å². The van der Waals surface area contributed by atoms with Crippen LogP contribution in [-0.2, 0) is 6.54 Å². The molecule has 3 nitrogen and oxygen atoms in total. The topological polar surface area (TPSA) is 64.4 Å². The van der Waals surface area contributed by atoms with E-state index in [4.69, 9.17) is 11.5 Å². The molecule has 0 bridgehead atoms. The van der Waals surface area contributed by atoms with Crippen molar-refractivity contribution in [1.82, 2.24) is 0 Å². The van der Waals surface area contributed by atoms with Gasteiger partial charge in [0, 0.05) is 4.47 Å². The molecule has 0 saturated carbocycles. The first-order valence-electron chi connectivity index (χ1n) is 3.59. The van der Waals surface area contributed by atoms with Crippen LogP contribution in [0.15, 0.2) is 27.7 Å². The van der Waals surface area contributed by atoms with E-state index in [0.717, 1.165) is 4.47 Å². The van der Waals surface area contributed by atoms with Crippen LogP contribution in [0.1, 0.15) is 5.56 Å². The van der Waals surface area contributed by atoms with Crippen molar-refractivity contribution in [3.8, 4) is 0 Å². The molecule has 1 rings (SSSR count). The molecule has 0 saturated heterocycles. The minimum absolute atomic E-state index is 0. The summed E-state index contributed by atoms with van der Waals surface area (Å²) in [6, 6.07) is 4.37. The quantitative estimate of drug-likeness (QED) is 0.473. The van der Waals surface area contributed by atoms with Gasteiger partial charge in [0.2, 0.25) is 0 Å². The van der Waals surface area contributed by atoms with Crippen LogP contribution in [0.25, 0.3) is 0 Å². The second-order valence-electron chi connectivity index (χ2n) is 2.48. The zero-order valence-corrected chi connectivity index (χ0v) is 11.1. The van der Waals surface area contributed by atoms with E-state index in [1.54, 1.807) is 6.07 Å². The minimum Gasteiger partial charge on any atom is -0.370 e. The normalized spacial score (nSPS) is 9.00. The van der Waals surface area contributed by atoms with Crippen LogP contribution in [-0.4, -0.2) is 5.96 Å². The molecule has 4 N–H and O–H groups in total. The Morgan fingerprint density at radius 1 is 1.43 bits per heavy atom. The molecule has 0 fully saturated rings. The maximum absolute atomic E-state index is 12.7. The number of aliphatic imine (C=N–C) groups is 1. The number of nitrogens with zero attached hydrogens (tertiary/aromatic N) is 1. The first-order valence-corrected chi connectivity index (χ1v) is 4.38. The van der Waals surface area contributed by atoms with Gasteiger partial charge in [0.05, 0.1) is 6.54 Å². The van der Waals surface area contributed by atoms with E-state index in [1.165, 1.54) is 12.1 Å². The zero-order chi connectivity index (χ0) is 9.84. The average Bonchev–Trinajstić information content (AvgIpc) is 2.06. The molecule has 0 radical (unpaired) electrons. The van der Waals surface area contributed by atoms with E-state index in [0.29, 0.717) is 5.56 Å². The lowest BCUT2D eigenvalue weighted by Crippen LogP contribution is -2.22. The van der Waals surface area contributed by atoms with Gasteiger partial charge in [-0.3, -0.25) is 0 Å². The van der Waals surface area contributed by atoms with E-state index in [2.05, 4.69) is 20.9 Å². The number of hydrogen-bond acceptors (Lipinski definition) is 1. The standard InChI is InChI=1S/C8H9BrFN3.HI/c9-7-2-1-6(10)3-5(7)4-13-8(11)12;/h1-3H,4H2,(H4,11,12,13);1H. The molecule has 0 amide bonds. The maximum Gasteiger partial charge on any atom is 0.186 e. The summed E-state index contributed by atoms with van der Waals surface area (Å²) in [4.78, 5) is 3.77. The molecule has 0 aromatic heterocycles. The highest BCUT2D eigenvalue weighted by Crippen LogP contribution is 2.18. The Labute approximate surface area is 107 Å². The van der Waals surface area contributed by atoms with Gasteiger partial charge in [-0.15, -0.1) is 24.0 Å². The number of halogens is 3. The monoisotopic (exact) mass is 373 g/mol. The van der Waals surface area contributed by atoms with Crippen molar-refractivity contribution in [3.05, 3.63) is 34.1 Å². The first-order chi connectivity index (χ1) is 6.09. The summed E-state index contributed by atoms with van der Waals surface area (Å²) >= 11 is 3.26.